The van der Waals surface area contributed by atoms with Gasteiger partial charge in [0.15, 0.2) is 8.69 Å². The van der Waals surface area contributed by atoms with Crippen molar-refractivity contribution in [1.29, 1.82) is 0 Å². The van der Waals surface area contributed by atoms with Gasteiger partial charge in [-0.1, -0.05) is 0 Å². The molecule has 0 aromatic carbocycles. The summed E-state index contributed by atoms with van der Waals surface area (Å²) in [5.41, 5.74) is 0. The molecule has 0 radical (unpaired) electrons. The van der Waals surface area contributed by atoms with E-state index >= 15 is 0 Å². The third-order valence-electron chi connectivity index (χ3n) is 0. The zero-order chi connectivity index (χ0) is 2.71. The molecule has 0 bridgehead atoms. The second-order valence-electron chi connectivity index (χ2n) is 0.105. The van der Waals surface area contributed by atoms with E-state index in [1.54, 1.807) is 0 Å². The normalized spacial score (nSPS) is 5.80. The van der Waals surface area contributed by atoms with Crippen molar-refractivity contribution >= 4 is 8.69 Å². The SMILES string of the molecule is O.O=[PH2]O.[Ni]. The molecule has 0 rings (SSSR count). The van der Waals surface area contributed by atoms with Crippen LogP contribution in [-0.2, 0) is 21.1 Å². The summed E-state index contributed by atoms with van der Waals surface area (Å²) in [5, 5.41) is 0. The maximum absolute atomic E-state index is 8.57. The van der Waals surface area contributed by atoms with Crippen LogP contribution in [-0.4, -0.2) is 10.4 Å². The summed E-state index contributed by atoms with van der Waals surface area (Å²) in [6, 6.07) is 0. The van der Waals surface area contributed by atoms with E-state index in [0.717, 1.165) is 0 Å². The van der Waals surface area contributed by atoms with Gasteiger partial charge in [0.2, 0.25) is 0 Å². The Morgan fingerprint density at radius 1 is 1.60 bits per heavy atom. The molecule has 0 aliphatic rings. The molecule has 5 heavy (non-hydrogen) atoms. The Morgan fingerprint density at radius 2 is 1.60 bits per heavy atom. The fourth-order valence-electron chi connectivity index (χ4n) is 0. The van der Waals surface area contributed by atoms with Crippen molar-refractivity contribution in [2.75, 3.05) is 0 Å². The molecular formula is H5NiO3P. The first-order chi connectivity index (χ1) is 1.41. The molecule has 1 unspecified atom stereocenters. The minimum absolute atomic E-state index is 0. The van der Waals surface area contributed by atoms with E-state index in [1.165, 1.54) is 0 Å². The standard InChI is InChI=1S/Ni.H3O2P.H2O/c;1-3-2;/h;3H2,(H,1,2);1H2. The summed E-state index contributed by atoms with van der Waals surface area (Å²) in [4.78, 5) is 7.10. The van der Waals surface area contributed by atoms with Gasteiger partial charge in [0.1, 0.15) is 0 Å². The van der Waals surface area contributed by atoms with Gasteiger partial charge in [0.05, 0.1) is 0 Å². The van der Waals surface area contributed by atoms with Crippen LogP contribution in [0.5, 0.6) is 0 Å². The monoisotopic (exact) mass is 142 g/mol. The topological polar surface area (TPSA) is 68.8 Å². The van der Waals surface area contributed by atoms with E-state index in [1.807, 2.05) is 0 Å². The maximum Gasteiger partial charge on any atom is 0.177 e. The van der Waals surface area contributed by atoms with Gasteiger partial charge < -0.3 is 10.4 Å². The van der Waals surface area contributed by atoms with Crippen LogP contribution in [0.25, 0.3) is 0 Å². The fourth-order valence-corrected chi connectivity index (χ4v) is 0. The minimum Gasteiger partial charge on any atom is -0.412 e. The Bertz CT molecular complexity index is 14.4. The van der Waals surface area contributed by atoms with Gasteiger partial charge in [-0.3, -0.25) is 4.57 Å². The molecule has 0 aromatic rings. The van der Waals surface area contributed by atoms with Crippen molar-refractivity contribution in [1.82, 2.24) is 0 Å². The molecule has 3 nitrogen and oxygen atoms in total. The Morgan fingerprint density at radius 3 is 1.60 bits per heavy atom. The maximum atomic E-state index is 8.57. The first kappa shape index (κ1) is 17.4. The quantitative estimate of drug-likeness (QED) is 0.342. The first-order valence-electron chi connectivity index (χ1n) is 0.494. The summed E-state index contributed by atoms with van der Waals surface area (Å²) in [7, 11) is -1.50. The van der Waals surface area contributed by atoms with Crippen LogP contribution in [0.2, 0.25) is 0 Å². The first-order valence-corrected chi connectivity index (χ1v) is 1.48. The summed E-state index contributed by atoms with van der Waals surface area (Å²) >= 11 is 0. The predicted octanol–water partition coefficient (Wildman–Crippen LogP) is -1.18. The fraction of sp³-hybridized carbons (Fsp3) is 0. The average Bonchev–Trinajstić information content (AvgIpc) is 0.918. The Hall–Kier alpha value is 0.644. The van der Waals surface area contributed by atoms with Gasteiger partial charge in [-0.25, -0.2) is 0 Å². The average molecular weight is 143 g/mol. The molecule has 0 fully saturated rings. The molecule has 0 heterocycles. The summed E-state index contributed by atoms with van der Waals surface area (Å²) in [6.07, 6.45) is 0. The van der Waals surface area contributed by atoms with Gasteiger partial charge in [-0.05, 0) is 0 Å². The Kier molecular flexibility index (Phi) is 79.5. The summed E-state index contributed by atoms with van der Waals surface area (Å²) in [5.74, 6) is 0. The zero-order valence-electron chi connectivity index (χ0n) is 2.25. The Labute approximate surface area is 40.9 Å². The van der Waals surface area contributed by atoms with Crippen LogP contribution in [0.1, 0.15) is 0 Å². The molecule has 0 amide bonds. The van der Waals surface area contributed by atoms with Gasteiger partial charge in [0, 0.05) is 16.5 Å². The van der Waals surface area contributed by atoms with Crippen LogP contribution in [0.3, 0.4) is 0 Å². The van der Waals surface area contributed by atoms with Crippen molar-refractivity contribution in [3.63, 3.8) is 0 Å². The van der Waals surface area contributed by atoms with E-state index in [-0.39, 0.29) is 22.0 Å². The van der Waals surface area contributed by atoms with Crippen LogP contribution < -0.4 is 0 Å². The van der Waals surface area contributed by atoms with Crippen molar-refractivity contribution in [3.8, 4) is 0 Å². The third kappa shape index (κ3) is 78.4. The van der Waals surface area contributed by atoms with Crippen molar-refractivity contribution in [3.05, 3.63) is 0 Å². The predicted molar refractivity (Wildman–Crippen MR) is 16.2 cm³/mol. The Balaban J connectivity index is -0.0000000200. The van der Waals surface area contributed by atoms with Crippen molar-refractivity contribution in [2.45, 2.75) is 0 Å². The zero-order valence-corrected chi connectivity index (χ0v) is 4.39. The molecule has 0 aromatic heterocycles. The van der Waals surface area contributed by atoms with Gasteiger partial charge in [-0.15, -0.1) is 0 Å². The number of hydrogen-bond donors (Lipinski definition) is 1. The molecule has 0 saturated carbocycles. The van der Waals surface area contributed by atoms with Crippen LogP contribution >= 0.6 is 8.69 Å². The molecule has 1 atom stereocenters. The molecule has 38 valence electrons. The van der Waals surface area contributed by atoms with Gasteiger partial charge in [0.25, 0.3) is 0 Å². The van der Waals surface area contributed by atoms with Crippen molar-refractivity contribution in [2.24, 2.45) is 0 Å². The third-order valence-corrected chi connectivity index (χ3v) is 0. The smallest absolute Gasteiger partial charge is 0.177 e. The van der Waals surface area contributed by atoms with Gasteiger partial charge >= 0.3 is 0 Å². The molecule has 0 spiro atoms. The molecule has 0 saturated heterocycles. The van der Waals surface area contributed by atoms with Crippen LogP contribution in [0, 0.1) is 0 Å². The van der Waals surface area contributed by atoms with Crippen molar-refractivity contribution < 1.29 is 31.4 Å². The molecular weight excluding hydrogens is 138 g/mol. The van der Waals surface area contributed by atoms with E-state index in [9.17, 15) is 0 Å². The second-order valence-corrected chi connectivity index (χ2v) is 0.316. The van der Waals surface area contributed by atoms with E-state index in [2.05, 4.69) is 0 Å². The molecule has 0 aliphatic heterocycles. The van der Waals surface area contributed by atoms with E-state index in [4.69, 9.17) is 9.46 Å². The molecule has 5 heteroatoms. The molecule has 0 aliphatic carbocycles. The van der Waals surface area contributed by atoms with Crippen LogP contribution in [0.4, 0.5) is 0 Å². The summed E-state index contributed by atoms with van der Waals surface area (Å²) < 4.78 is 8.57. The summed E-state index contributed by atoms with van der Waals surface area (Å²) in [6.45, 7) is 0. The van der Waals surface area contributed by atoms with E-state index in [0.29, 0.717) is 0 Å². The molecule has 3 N–H and O–H groups in total. The van der Waals surface area contributed by atoms with Crippen LogP contribution in [0.15, 0.2) is 0 Å². The van der Waals surface area contributed by atoms with Gasteiger partial charge in [-0.2, -0.15) is 0 Å². The second kappa shape index (κ2) is 22.8. The number of rotatable bonds is 0. The number of hydrogen-bond acceptors (Lipinski definition) is 1. The van der Waals surface area contributed by atoms with E-state index < -0.39 is 8.69 Å². The minimum atomic E-state index is -1.50. The largest absolute Gasteiger partial charge is 0.412 e.